The maximum atomic E-state index is 10.7. The molecule has 0 rings (SSSR count). The fraction of sp³-hybridized carbons (Fsp3) is 1.00. The number of nitrogens with one attached hydrogen (secondary N) is 5. The van der Waals surface area contributed by atoms with Crippen molar-refractivity contribution in [2.24, 2.45) is 0 Å². The zero-order valence-corrected chi connectivity index (χ0v) is 31.5. The van der Waals surface area contributed by atoms with Crippen LogP contribution in [0.4, 0.5) is 0 Å². The molecule has 0 aliphatic heterocycles. The summed E-state index contributed by atoms with van der Waals surface area (Å²) in [6.07, 6.45) is -4.88. The van der Waals surface area contributed by atoms with Crippen LogP contribution >= 0.6 is 0 Å². The summed E-state index contributed by atoms with van der Waals surface area (Å²) in [4.78, 5) is 6.20. The highest BCUT2D eigenvalue weighted by Crippen LogP contribution is 2.04. The van der Waals surface area contributed by atoms with Crippen LogP contribution in [0.15, 0.2) is 0 Å². The molecule has 51 heavy (non-hydrogen) atoms. The minimum Gasteiger partial charge on any atom is -0.394 e. The van der Waals surface area contributed by atoms with Gasteiger partial charge in [0.2, 0.25) is 0 Å². The molecule has 0 aliphatic carbocycles. The van der Waals surface area contributed by atoms with E-state index in [0.29, 0.717) is 72.0 Å². The van der Waals surface area contributed by atoms with Gasteiger partial charge in [0.25, 0.3) is 0 Å². The van der Waals surface area contributed by atoms with Gasteiger partial charge >= 0.3 is 0 Å². The molecule has 0 saturated heterocycles. The van der Waals surface area contributed by atoms with E-state index in [1.807, 2.05) is 4.90 Å². The number of nitrogens with zero attached hydrogens (tertiary/aromatic N) is 3. The van der Waals surface area contributed by atoms with Gasteiger partial charge < -0.3 is 77.6 Å². The summed E-state index contributed by atoms with van der Waals surface area (Å²) in [7, 11) is 0. The van der Waals surface area contributed by atoms with Gasteiger partial charge in [-0.3, -0.25) is 14.7 Å². The fourth-order valence-corrected chi connectivity index (χ4v) is 5.50. The highest BCUT2D eigenvalue weighted by atomic mass is 16.3. The van der Waals surface area contributed by atoms with Gasteiger partial charge in [0.15, 0.2) is 0 Å². The number of rotatable bonds is 37. The van der Waals surface area contributed by atoms with Crippen molar-refractivity contribution < 1.29 is 51.1 Å². The van der Waals surface area contributed by atoms with Gasteiger partial charge in [-0.1, -0.05) is 0 Å². The summed E-state index contributed by atoms with van der Waals surface area (Å²) >= 11 is 0. The Morgan fingerprint density at radius 3 is 1.27 bits per heavy atom. The van der Waals surface area contributed by atoms with E-state index in [-0.39, 0.29) is 32.7 Å². The second kappa shape index (κ2) is 32.7. The molecule has 0 aliphatic rings. The van der Waals surface area contributed by atoms with E-state index < -0.39 is 62.0 Å². The Morgan fingerprint density at radius 1 is 0.431 bits per heavy atom. The number of hydrogen-bond donors (Lipinski definition) is 15. The van der Waals surface area contributed by atoms with E-state index in [2.05, 4.69) is 36.4 Å². The molecule has 0 fully saturated rings. The topological polar surface area (TPSA) is 272 Å². The molecule has 0 spiro atoms. The Balaban J connectivity index is 4.67. The molecule has 0 aromatic heterocycles. The Morgan fingerprint density at radius 2 is 0.843 bits per heavy atom. The molecule has 15 N–H and O–H groups in total. The maximum Gasteiger partial charge on any atom is 0.0924 e. The van der Waals surface area contributed by atoms with Crippen LogP contribution in [0.25, 0.3) is 0 Å². The van der Waals surface area contributed by atoms with Crippen molar-refractivity contribution in [2.45, 2.75) is 76.0 Å². The van der Waals surface area contributed by atoms with Gasteiger partial charge in [-0.25, -0.2) is 0 Å². The van der Waals surface area contributed by atoms with Crippen LogP contribution in [0.3, 0.4) is 0 Å². The Bertz CT molecular complexity index is 768. The van der Waals surface area contributed by atoms with E-state index in [1.165, 1.54) is 0 Å². The Labute approximate surface area is 305 Å². The van der Waals surface area contributed by atoms with Gasteiger partial charge in [-0.15, -0.1) is 0 Å². The molecule has 0 amide bonds. The molecule has 0 aromatic rings. The van der Waals surface area contributed by atoms with Crippen molar-refractivity contribution in [3.05, 3.63) is 0 Å². The van der Waals surface area contributed by atoms with Crippen molar-refractivity contribution in [1.82, 2.24) is 41.3 Å². The summed E-state index contributed by atoms with van der Waals surface area (Å²) in [6.45, 7) is 13.7. The minimum atomic E-state index is -1.10. The van der Waals surface area contributed by atoms with Crippen molar-refractivity contribution in [1.29, 1.82) is 0 Å². The van der Waals surface area contributed by atoms with Crippen molar-refractivity contribution in [3.63, 3.8) is 0 Å². The van der Waals surface area contributed by atoms with Gasteiger partial charge in [-0.05, 0) is 27.2 Å². The lowest BCUT2D eigenvalue weighted by Gasteiger charge is -2.29. The summed E-state index contributed by atoms with van der Waals surface area (Å²) in [6, 6.07) is -0.593. The van der Waals surface area contributed by atoms with Crippen LogP contribution in [-0.4, -0.2) is 252 Å². The normalized spacial score (nSPS) is 17.2. The van der Waals surface area contributed by atoms with Gasteiger partial charge in [0, 0.05) is 124 Å². The monoisotopic (exact) mass is 745 g/mol. The third-order valence-electron chi connectivity index (χ3n) is 8.17. The molecule has 18 nitrogen and oxygen atoms in total. The average Bonchev–Trinajstić information content (AvgIpc) is 3.07. The van der Waals surface area contributed by atoms with Crippen molar-refractivity contribution >= 4 is 0 Å². The zero-order valence-electron chi connectivity index (χ0n) is 31.5. The minimum absolute atomic E-state index is 0.179. The van der Waals surface area contributed by atoms with E-state index >= 15 is 0 Å². The molecule has 0 heterocycles. The van der Waals surface area contributed by atoms with Crippen LogP contribution in [0, 0.1) is 0 Å². The average molecular weight is 745 g/mol. The van der Waals surface area contributed by atoms with Crippen molar-refractivity contribution in [2.75, 3.05) is 138 Å². The van der Waals surface area contributed by atoms with Gasteiger partial charge in [0.1, 0.15) is 0 Å². The van der Waals surface area contributed by atoms with Crippen LogP contribution < -0.4 is 26.6 Å². The molecule has 0 saturated carbocycles. The molecule has 0 aromatic carbocycles. The second-order valence-electron chi connectivity index (χ2n) is 13.7. The largest absolute Gasteiger partial charge is 0.394 e. The SMILES string of the molecule is CC(O)CNCCN(CCNCCN(CCNCC(O)CC(NCCN(CCNCC(O)CO)CC(O)CO)C(O)CO)CC(C)O)CC(C)O. The van der Waals surface area contributed by atoms with Gasteiger partial charge in [0.05, 0.1) is 62.5 Å². The Hall–Kier alpha value is -0.720. The molecule has 18 heteroatoms. The zero-order chi connectivity index (χ0) is 38.4. The summed E-state index contributed by atoms with van der Waals surface area (Å²) < 4.78 is 0. The standard InChI is InChI=1S/C33H76N8O10/c1-26(45)17-35-6-12-39(20-27(2)46)10-4-34-5-11-40(21-28(3)47)13-7-36-18-29(48)16-32(33(51)25-44)38-9-15-41(22-31(50)24-43)14-8-37-19-30(49)23-42/h26-38,42-51H,4-25H2,1-3H3. The van der Waals surface area contributed by atoms with Crippen LogP contribution in [0.2, 0.25) is 0 Å². The first-order valence-electron chi connectivity index (χ1n) is 18.6. The lowest BCUT2D eigenvalue weighted by atomic mass is 10.0. The van der Waals surface area contributed by atoms with Crippen LogP contribution in [-0.2, 0) is 0 Å². The summed E-state index contributed by atoms with van der Waals surface area (Å²) in [5.74, 6) is 0. The third-order valence-corrected chi connectivity index (χ3v) is 8.17. The molecular weight excluding hydrogens is 668 g/mol. The van der Waals surface area contributed by atoms with E-state index in [9.17, 15) is 46.0 Å². The maximum absolute atomic E-state index is 10.7. The second-order valence-corrected chi connectivity index (χ2v) is 13.7. The fourth-order valence-electron chi connectivity index (χ4n) is 5.50. The molecular formula is C33H76N8O10. The summed E-state index contributed by atoms with van der Waals surface area (Å²) in [5.41, 5.74) is 0. The van der Waals surface area contributed by atoms with E-state index in [4.69, 9.17) is 5.11 Å². The first kappa shape index (κ1) is 50.3. The quantitative estimate of drug-likeness (QED) is 0.0263. The predicted octanol–water partition coefficient (Wildman–Crippen LogP) is -6.84. The third kappa shape index (κ3) is 30.3. The molecule has 8 atom stereocenters. The number of hydrogen-bond acceptors (Lipinski definition) is 18. The van der Waals surface area contributed by atoms with Crippen LogP contribution in [0.5, 0.6) is 0 Å². The summed E-state index contributed by atoms with van der Waals surface area (Å²) in [5, 5.41) is 114. The first-order chi connectivity index (χ1) is 24.3. The lowest BCUT2D eigenvalue weighted by molar-refractivity contribution is 0.0364. The lowest BCUT2D eigenvalue weighted by Crippen LogP contribution is -2.49. The highest BCUT2D eigenvalue weighted by Gasteiger charge is 2.22. The smallest absolute Gasteiger partial charge is 0.0924 e. The van der Waals surface area contributed by atoms with E-state index in [1.54, 1.807) is 20.8 Å². The molecule has 8 unspecified atom stereocenters. The molecule has 308 valence electrons. The number of aliphatic hydroxyl groups excluding tert-OH is 10. The van der Waals surface area contributed by atoms with Crippen molar-refractivity contribution in [3.8, 4) is 0 Å². The van der Waals surface area contributed by atoms with Gasteiger partial charge in [-0.2, -0.15) is 0 Å². The van der Waals surface area contributed by atoms with E-state index in [0.717, 1.165) is 26.2 Å². The number of aliphatic hydroxyl groups is 10. The Kier molecular flexibility index (Phi) is 32.2. The van der Waals surface area contributed by atoms with Crippen LogP contribution in [0.1, 0.15) is 27.2 Å². The highest BCUT2D eigenvalue weighted by molar-refractivity contribution is 4.81. The first-order valence-corrected chi connectivity index (χ1v) is 18.6. The molecule has 0 radical (unpaired) electrons. The predicted molar refractivity (Wildman–Crippen MR) is 198 cm³/mol. The molecule has 0 bridgehead atoms.